The summed E-state index contributed by atoms with van der Waals surface area (Å²) in [7, 11) is 1.97. The van der Waals surface area contributed by atoms with Crippen molar-refractivity contribution in [1.29, 1.82) is 0 Å². The molecule has 0 radical (unpaired) electrons. The second kappa shape index (κ2) is 7.67. The van der Waals surface area contributed by atoms with Gasteiger partial charge in [-0.05, 0) is 31.6 Å². The molecule has 1 N–H and O–H groups in total. The predicted molar refractivity (Wildman–Crippen MR) is 85.0 cm³/mol. The molecule has 0 bridgehead atoms. The summed E-state index contributed by atoms with van der Waals surface area (Å²) in [5, 5.41) is 14.1. The van der Waals surface area contributed by atoms with Gasteiger partial charge in [-0.25, -0.2) is 0 Å². The molecule has 0 aliphatic carbocycles. The van der Waals surface area contributed by atoms with Crippen LogP contribution in [-0.4, -0.2) is 28.0 Å². The Bertz CT molecular complexity index is 398. The van der Waals surface area contributed by atoms with Crippen LogP contribution in [0, 0.1) is 18.8 Å². The van der Waals surface area contributed by atoms with Crippen molar-refractivity contribution < 1.29 is 5.11 Å². The maximum Gasteiger partial charge on any atom is 0.132 e. The van der Waals surface area contributed by atoms with E-state index >= 15 is 0 Å². The minimum atomic E-state index is 0.0643. The molecule has 4 heteroatoms. The van der Waals surface area contributed by atoms with Gasteiger partial charge < -0.3 is 10.0 Å². The molecule has 0 spiro atoms. The van der Waals surface area contributed by atoms with Gasteiger partial charge in [-0.3, -0.25) is 4.68 Å². The van der Waals surface area contributed by atoms with Gasteiger partial charge in [0, 0.05) is 25.7 Å². The van der Waals surface area contributed by atoms with Gasteiger partial charge in [0.05, 0.1) is 12.3 Å². The van der Waals surface area contributed by atoms with Crippen LogP contribution in [0.1, 0.15) is 51.8 Å². The fraction of sp³-hybridized carbons (Fsp3) is 0.812. The van der Waals surface area contributed by atoms with E-state index in [1.807, 2.05) is 18.7 Å². The van der Waals surface area contributed by atoms with Crippen LogP contribution < -0.4 is 4.90 Å². The average Bonchev–Trinajstić information content (AvgIpc) is 2.63. The molecule has 1 rings (SSSR count). The van der Waals surface area contributed by atoms with Crippen LogP contribution in [0.4, 0.5) is 5.82 Å². The zero-order valence-corrected chi connectivity index (χ0v) is 14.0. The van der Waals surface area contributed by atoms with Crippen molar-refractivity contribution in [2.45, 2.75) is 54.1 Å². The Balaban J connectivity index is 2.96. The lowest BCUT2D eigenvalue weighted by molar-refractivity contribution is 0.281. The molecule has 1 aromatic rings. The van der Waals surface area contributed by atoms with Crippen LogP contribution in [0.2, 0.25) is 0 Å². The highest BCUT2D eigenvalue weighted by Gasteiger charge is 2.19. The molecule has 0 aliphatic heterocycles. The highest BCUT2D eigenvalue weighted by Crippen LogP contribution is 2.24. The number of nitrogens with zero attached hydrogens (tertiary/aromatic N) is 3. The lowest BCUT2D eigenvalue weighted by atomic mass is 10.1. The van der Waals surface area contributed by atoms with Crippen LogP contribution in [0.3, 0.4) is 0 Å². The Labute approximate surface area is 123 Å². The topological polar surface area (TPSA) is 41.3 Å². The van der Waals surface area contributed by atoms with Gasteiger partial charge >= 0.3 is 0 Å². The summed E-state index contributed by atoms with van der Waals surface area (Å²) in [6, 6.07) is 0. The van der Waals surface area contributed by atoms with Crippen LogP contribution in [0.5, 0.6) is 0 Å². The molecule has 20 heavy (non-hydrogen) atoms. The number of aliphatic hydroxyl groups excluding tert-OH is 1. The fourth-order valence-electron chi connectivity index (χ4n) is 2.42. The van der Waals surface area contributed by atoms with Crippen LogP contribution in [0.25, 0.3) is 0 Å². The molecule has 0 aromatic carbocycles. The smallest absolute Gasteiger partial charge is 0.132 e. The van der Waals surface area contributed by atoms with Crippen molar-refractivity contribution in [3.05, 3.63) is 11.3 Å². The normalized spacial score (nSPS) is 11.7. The lowest BCUT2D eigenvalue weighted by Gasteiger charge is -2.27. The Hall–Kier alpha value is -1.03. The summed E-state index contributed by atoms with van der Waals surface area (Å²) in [4.78, 5) is 2.39. The van der Waals surface area contributed by atoms with E-state index in [2.05, 4.69) is 37.7 Å². The second-order valence-electron chi connectivity index (χ2n) is 6.52. The van der Waals surface area contributed by atoms with E-state index in [9.17, 15) is 5.11 Å². The molecule has 4 nitrogen and oxygen atoms in total. The van der Waals surface area contributed by atoms with Gasteiger partial charge in [-0.2, -0.15) is 5.10 Å². The largest absolute Gasteiger partial charge is 0.391 e. The number of anilines is 1. The van der Waals surface area contributed by atoms with Gasteiger partial charge in [0.25, 0.3) is 0 Å². The van der Waals surface area contributed by atoms with Crippen LogP contribution >= 0.6 is 0 Å². The van der Waals surface area contributed by atoms with Gasteiger partial charge in [0.2, 0.25) is 0 Å². The molecule has 0 fully saturated rings. The first-order valence-corrected chi connectivity index (χ1v) is 7.75. The van der Waals surface area contributed by atoms with Crippen molar-refractivity contribution in [2.75, 3.05) is 18.0 Å². The summed E-state index contributed by atoms with van der Waals surface area (Å²) >= 11 is 0. The summed E-state index contributed by atoms with van der Waals surface area (Å²) in [6.45, 7) is 13.1. The number of aryl methyl sites for hydroxylation is 2. The van der Waals surface area contributed by atoms with E-state index < -0.39 is 0 Å². The van der Waals surface area contributed by atoms with Crippen molar-refractivity contribution in [3.63, 3.8) is 0 Å². The third-order valence-electron chi connectivity index (χ3n) is 3.72. The number of rotatable bonds is 8. The highest BCUT2D eigenvalue weighted by molar-refractivity contribution is 5.49. The quantitative estimate of drug-likeness (QED) is 0.796. The summed E-state index contributed by atoms with van der Waals surface area (Å²) < 4.78 is 1.92. The van der Waals surface area contributed by atoms with E-state index in [0.717, 1.165) is 43.0 Å². The molecule has 0 unspecified atom stereocenters. The molecule has 0 saturated carbocycles. The van der Waals surface area contributed by atoms with E-state index in [1.54, 1.807) is 0 Å². The molecular formula is C16H31N3O. The zero-order chi connectivity index (χ0) is 15.3. The maximum atomic E-state index is 9.64. The summed E-state index contributed by atoms with van der Waals surface area (Å²) in [5.74, 6) is 2.46. The predicted octanol–water partition coefficient (Wildman–Crippen LogP) is 3.12. The monoisotopic (exact) mass is 281 g/mol. The minimum absolute atomic E-state index is 0.0643. The summed E-state index contributed by atoms with van der Waals surface area (Å²) in [5.41, 5.74) is 1.91. The van der Waals surface area contributed by atoms with E-state index in [0.29, 0.717) is 11.8 Å². The molecular weight excluding hydrogens is 250 g/mol. The van der Waals surface area contributed by atoms with Crippen molar-refractivity contribution in [3.8, 4) is 0 Å². The van der Waals surface area contributed by atoms with Crippen LogP contribution in [-0.2, 0) is 13.7 Å². The van der Waals surface area contributed by atoms with E-state index in [4.69, 9.17) is 0 Å². The van der Waals surface area contributed by atoms with Crippen molar-refractivity contribution in [1.82, 2.24) is 9.78 Å². The first kappa shape index (κ1) is 17.0. The molecule has 0 amide bonds. The minimum Gasteiger partial charge on any atom is -0.391 e. The van der Waals surface area contributed by atoms with Crippen molar-refractivity contribution in [2.24, 2.45) is 18.9 Å². The number of aromatic nitrogens is 2. The van der Waals surface area contributed by atoms with Crippen LogP contribution in [0.15, 0.2) is 0 Å². The summed E-state index contributed by atoms with van der Waals surface area (Å²) in [6.07, 6.45) is 2.32. The van der Waals surface area contributed by atoms with Crippen molar-refractivity contribution >= 4 is 5.82 Å². The Kier molecular flexibility index (Phi) is 6.53. The maximum absolute atomic E-state index is 9.64. The number of hydrogen-bond donors (Lipinski definition) is 1. The molecule has 0 saturated heterocycles. The number of hydrogen-bond acceptors (Lipinski definition) is 3. The third kappa shape index (κ3) is 4.51. The molecule has 0 atom stereocenters. The van der Waals surface area contributed by atoms with E-state index in [-0.39, 0.29) is 6.61 Å². The average molecular weight is 281 g/mol. The van der Waals surface area contributed by atoms with E-state index in [1.165, 1.54) is 0 Å². The second-order valence-corrected chi connectivity index (χ2v) is 6.52. The molecule has 116 valence electrons. The Morgan fingerprint density at radius 1 is 1.10 bits per heavy atom. The third-order valence-corrected chi connectivity index (χ3v) is 3.72. The molecule has 0 aliphatic rings. The fourth-order valence-corrected chi connectivity index (χ4v) is 2.42. The Morgan fingerprint density at radius 3 is 2.00 bits per heavy atom. The highest BCUT2D eigenvalue weighted by atomic mass is 16.3. The van der Waals surface area contributed by atoms with Gasteiger partial charge in [-0.15, -0.1) is 0 Å². The first-order valence-electron chi connectivity index (χ1n) is 7.75. The SMILES string of the molecule is Cc1nn(C)c(N(CCC(C)C)CCC(C)C)c1CO. The first-order chi connectivity index (χ1) is 9.36. The van der Waals surface area contributed by atoms with Gasteiger partial charge in [0.15, 0.2) is 0 Å². The molecule has 1 aromatic heterocycles. The van der Waals surface area contributed by atoms with Gasteiger partial charge in [0.1, 0.15) is 5.82 Å². The Morgan fingerprint density at radius 2 is 1.60 bits per heavy atom. The van der Waals surface area contributed by atoms with Gasteiger partial charge in [-0.1, -0.05) is 27.7 Å². The standard InChI is InChI=1S/C16H31N3O/c1-12(2)7-9-19(10-8-13(3)4)16-15(11-20)14(5)17-18(16)6/h12-13,20H,7-11H2,1-6H3. The lowest BCUT2D eigenvalue weighted by Crippen LogP contribution is -2.30. The number of aliphatic hydroxyl groups is 1. The zero-order valence-electron chi connectivity index (χ0n) is 14.0. The molecule has 1 heterocycles.